The molecule has 19 heavy (non-hydrogen) atoms. The number of benzene rings is 1. The van der Waals surface area contributed by atoms with Crippen molar-refractivity contribution in [2.75, 3.05) is 20.8 Å². The maximum Gasteiger partial charge on any atom is 0.416 e. The Labute approximate surface area is 109 Å². The number of nitrogens with zero attached hydrogens (tertiary/aromatic N) is 1. The lowest BCUT2D eigenvalue weighted by Gasteiger charge is -2.11. The summed E-state index contributed by atoms with van der Waals surface area (Å²) in [5.74, 6) is 0.132. The Morgan fingerprint density at radius 1 is 1.21 bits per heavy atom. The van der Waals surface area contributed by atoms with E-state index < -0.39 is 18.0 Å². The summed E-state index contributed by atoms with van der Waals surface area (Å²) in [6, 6.07) is 4.47. The van der Waals surface area contributed by atoms with Gasteiger partial charge in [0.05, 0.1) is 12.1 Å². The topological polar surface area (TPSA) is 56.8 Å². The highest BCUT2D eigenvalue weighted by Gasteiger charge is 2.29. The fraction of sp³-hybridized carbons (Fsp3) is 0.417. The molecule has 0 heterocycles. The molecule has 1 aromatic rings. The summed E-state index contributed by atoms with van der Waals surface area (Å²) in [6.45, 7) is 0.167. The first kappa shape index (κ1) is 15.5. The van der Waals surface area contributed by atoms with Crippen LogP contribution in [0.25, 0.3) is 0 Å². The number of hydrogen-bond acceptors (Lipinski definition) is 3. The highest BCUT2D eigenvalue weighted by atomic mass is 19.4. The molecule has 0 aliphatic heterocycles. The molecule has 0 fully saturated rings. The monoisotopic (exact) mass is 276 g/mol. The zero-order valence-corrected chi connectivity index (χ0v) is 10.6. The van der Waals surface area contributed by atoms with Gasteiger partial charge in [-0.2, -0.15) is 13.2 Å². The predicted molar refractivity (Wildman–Crippen MR) is 64.8 cm³/mol. The van der Waals surface area contributed by atoms with Crippen molar-refractivity contribution in [3.05, 3.63) is 35.4 Å². The van der Waals surface area contributed by atoms with E-state index in [2.05, 4.69) is 4.99 Å². The van der Waals surface area contributed by atoms with Crippen LogP contribution in [-0.2, 0) is 15.7 Å². The molecule has 1 aromatic carbocycles. The van der Waals surface area contributed by atoms with E-state index in [4.69, 9.17) is 15.2 Å². The molecule has 7 heteroatoms. The standard InChI is InChI=1S/C12H15F3N2O2/c1-18-10(19-2)7-17-11(16)8-3-5-9(6-4-8)12(13,14)15/h3-6,10H,7H2,1-2H3,(H2,16,17). The van der Waals surface area contributed by atoms with Crippen LogP contribution in [0.5, 0.6) is 0 Å². The van der Waals surface area contributed by atoms with Crippen LogP contribution in [0.2, 0.25) is 0 Å². The molecule has 0 radical (unpaired) electrons. The Morgan fingerprint density at radius 2 is 1.74 bits per heavy atom. The third-order valence-electron chi connectivity index (χ3n) is 2.44. The fourth-order valence-electron chi connectivity index (χ4n) is 1.34. The van der Waals surface area contributed by atoms with Crippen LogP contribution in [-0.4, -0.2) is 32.9 Å². The number of halogens is 3. The molecule has 0 bridgehead atoms. The van der Waals surface area contributed by atoms with Crippen molar-refractivity contribution < 1.29 is 22.6 Å². The highest BCUT2D eigenvalue weighted by Crippen LogP contribution is 2.28. The Bertz CT molecular complexity index is 426. The van der Waals surface area contributed by atoms with Crippen molar-refractivity contribution in [3.63, 3.8) is 0 Å². The summed E-state index contributed by atoms with van der Waals surface area (Å²) >= 11 is 0. The Kier molecular flexibility index (Phi) is 5.31. The normalized spacial score (nSPS) is 13.1. The predicted octanol–water partition coefficient (Wildman–Crippen LogP) is 2.03. The SMILES string of the molecule is COC(CN=C(N)c1ccc(C(F)(F)F)cc1)OC. The van der Waals surface area contributed by atoms with E-state index in [1.807, 2.05) is 0 Å². The molecule has 0 saturated carbocycles. The zero-order valence-electron chi connectivity index (χ0n) is 10.6. The maximum atomic E-state index is 12.4. The largest absolute Gasteiger partial charge is 0.416 e. The Morgan fingerprint density at radius 3 is 2.16 bits per heavy atom. The van der Waals surface area contributed by atoms with Crippen LogP contribution in [0, 0.1) is 0 Å². The second-order valence-corrected chi connectivity index (χ2v) is 3.70. The minimum atomic E-state index is -4.36. The van der Waals surface area contributed by atoms with Gasteiger partial charge >= 0.3 is 6.18 Å². The van der Waals surface area contributed by atoms with Gasteiger partial charge in [0.1, 0.15) is 5.84 Å². The summed E-state index contributed by atoms with van der Waals surface area (Å²) < 4.78 is 46.9. The smallest absolute Gasteiger partial charge is 0.384 e. The van der Waals surface area contributed by atoms with E-state index in [0.29, 0.717) is 5.56 Å². The van der Waals surface area contributed by atoms with Gasteiger partial charge in [-0.3, -0.25) is 4.99 Å². The van der Waals surface area contributed by atoms with Crippen LogP contribution < -0.4 is 5.73 Å². The summed E-state index contributed by atoms with van der Waals surface area (Å²) in [5, 5.41) is 0. The molecule has 0 spiro atoms. The molecule has 0 saturated heterocycles. The summed E-state index contributed by atoms with van der Waals surface area (Å²) in [5.41, 5.74) is 5.36. The van der Waals surface area contributed by atoms with Gasteiger partial charge in [0, 0.05) is 19.8 Å². The van der Waals surface area contributed by atoms with Gasteiger partial charge in [0.2, 0.25) is 0 Å². The van der Waals surface area contributed by atoms with E-state index in [1.165, 1.54) is 26.4 Å². The van der Waals surface area contributed by atoms with E-state index in [0.717, 1.165) is 12.1 Å². The molecule has 0 aromatic heterocycles. The van der Waals surface area contributed by atoms with Crippen molar-refractivity contribution in [1.82, 2.24) is 0 Å². The molecule has 0 aliphatic rings. The average molecular weight is 276 g/mol. The maximum absolute atomic E-state index is 12.4. The fourth-order valence-corrected chi connectivity index (χ4v) is 1.34. The molecule has 1 rings (SSSR count). The highest BCUT2D eigenvalue weighted by molar-refractivity contribution is 5.97. The third-order valence-corrected chi connectivity index (χ3v) is 2.44. The van der Waals surface area contributed by atoms with Gasteiger partial charge in [-0.25, -0.2) is 0 Å². The molecule has 0 unspecified atom stereocenters. The van der Waals surface area contributed by atoms with Gasteiger partial charge in [0.25, 0.3) is 0 Å². The first-order valence-electron chi connectivity index (χ1n) is 5.41. The summed E-state index contributed by atoms with van der Waals surface area (Å²) in [4.78, 5) is 3.99. The van der Waals surface area contributed by atoms with Crippen LogP contribution in [0.4, 0.5) is 13.2 Å². The van der Waals surface area contributed by atoms with Gasteiger partial charge < -0.3 is 15.2 Å². The van der Waals surface area contributed by atoms with E-state index in [-0.39, 0.29) is 12.4 Å². The number of rotatable bonds is 5. The second-order valence-electron chi connectivity index (χ2n) is 3.70. The Hall–Kier alpha value is -1.60. The molecule has 0 aliphatic carbocycles. The van der Waals surface area contributed by atoms with Crippen molar-refractivity contribution in [2.45, 2.75) is 12.5 Å². The lowest BCUT2D eigenvalue weighted by Crippen LogP contribution is -2.21. The van der Waals surface area contributed by atoms with Gasteiger partial charge in [-0.05, 0) is 12.1 Å². The van der Waals surface area contributed by atoms with Crippen LogP contribution in [0.15, 0.2) is 29.3 Å². The summed E-state index contributed by atoms with van der Waals surface area (Å²) in [6.07, 6.45) is -4.89. The molecule has 4 nitrogen and oxygen atoms in total. The zero-order chi connectivity index (χ0) is 14.5. The molecule has 0 amide bonds. The first-order valence-corrected chi connectivity index (χ1v) is 5.41. The number of aliphatic imine (C=N–C) groups is 1. The molecule has 0 atom stereocenters. The molecular weight excluding hydrogens is 261 g/mol. The van der Waals surface area contributed by atoms with E-state index >= 15 is 0 Å². The van der Waals surface area contributed by atoms with Gasteiger partial charge in [-0.1, -0.05) is 12.1 Å². The quantitative estimate of drug-likeness (QED) is 0.508. The van der Waals surface area contributed by atoms with Gasteiger partial charge in [0.15, 0.2) is 6.29 Å². The third kappa shape index (κ3) is 4.53. The van der Waals surface area contributed by atoms with Crippen LogP contribution >= 0.6 is 0 Å². The van der Waals surface area contributed by atoms with Crippen molar-refractivity contribution in [2.24, 2.45) is 10.7 Å². The average Bonchev–Trinajstić information content (AvgIpc) is 2.39. The molecule has 106 valence electrons. The van der Waals surface area contributed by atoms with Crippen LogP contribution in [0.1, 0.15) is 11.1 Å². The number of alkyl halides is 3. The number of nitrogens with two attached hydrogens (primary N) is 1. The molecule has 2 N–H and O–H groups in total. The number of methoxy groups -OCH3 is 2. The number of amidine groups is 1. The minimum absolute atomic E-state index is 0.132. The van der Waals surface area contributed by atoms with E-state index in [1.54, 1.807) is 0 Å². The van der Waals surface area contributed by atoms with Crippen molar-refractivity contribution in [3.8, 4) is 0 Å². The van der Waals surface area contributed by atoms with Gasteiger partial charge in [-0.15, -0.1) is 0 Å². The minimum Gasteiger partial charge on any atom is -0.384 e. The second kappa shape index (κ2) is 6.53. The van der Waals surface area contributed by atoms with E-state index in [9.17, 15) is 13.2 Å². The first-order chi connectivity index (χ1) is 8.88. The number of ether oxygens (including phenoxy) is 2. The lowest BCUT2D eigenvalue weighted by molar-refractivity contribution is -0.137. The van der Waals surface area contributed by atoms with Crippen LogP contribution in [0.3, 0.4) is 0 Å². The Balaban J connectivity index is 2.78. The van der Waals surface area contributed by atoms with Crippen molar-refractivity contribution in [1.29, 1.82) is 0 Å². The number of hydrogen-bond donors (Lipinski definition) is 1. The lowest BCUT2D eigenvalue weighted by atomic mass is 10.1. The summed E-state index contributed by atoms with van der Waals surface area (Å²) in [7, 11) is 2.91. The van der Waals surface area contributed by atoms with Crippen molar-refractivity contribution >= 4 is 5.84 Å². The molecular formula is C12H15F3N2O2.